The molecule has 1 aliphatic rings. The third kappa shape index (κ3) is 2.58. The highest BCUT2D eigenvalue weighted by Crippen LogP contribution is 2.28. The molecule has 0 fully saturated rings. The van der Waals surface area contributed by atoms with Gasteiger partial charge in [-0.1, -0.05) is 65.7 Å². The summed E-state index contributed by atoms with van der Waals surface area (Å²) in [7, 11) is 1.95. The van der Waals surface area contributed by atoms with Gasteiger partial charge in [-0.15, -0.1) is 0 Å². The number of hydrogen-bond acceptors (Lipinski definition) is 2. The molecule has 2 aromatic rings. The van der Waals surface area contributed by atoms with Crippen LogP contribution >= 0.6 is 23.2 Å². The second-order valence-corrected chi connectivity index (χ2v) is 5.83. The molecule has 0 unspecified atom stereocenters. The van der Waals surface area contributed by atoms with E-state index >= 15 is 0 Å². The molecule has 0 atom stereocenters. The van der Waals surface area contributed by atoms with E-state index in [4.69, 9.17) is 23.2 Å². The van der Waals surface area contributed by atoms with Gasteiger partial charge >= 0.3 is 0 Å². The molecule has 0 N–H and O–H groups in total. The van der Waals surface area contributed by atoms with E-state index < -0.39 is 0 Å². The van der Waals surface area contributed by atoms with Crippen LogP contribution in [0.3, 0.4) is 0 Å². The van der Waals surface area contributed by atoms with E-state index in [9.17, 15) is 0 Å². The van der Waals surface area contributed by atoms with Gasteiger partial charge in [0.05, 0.1) is 6.67 Å². The summed E-state index contributed by atoms with van der Waals surface area (Å²) in [4.78, 5) is 4.04. The Morgan fingerprint density at radius 2 is 1.75 bits per heavy atom. The van der Waals surface area contributed by atoms with Crippen LogP contribution in [-0.2, 0) is 6.42 Å². The molecule has 4 heteroatoms. The summed E-state index contributed by atoms with van der Waals surface area (Å²) in [5, 5.41) is 3.83. The normalized spacial score (nSPS) is 15.6. The first-order valence-electron chi connectivity index (χ1n) is 6.64. The summed E-state index contributed by atoms with van der Waals surface area (Å²) in [6.45, 7) is 1.63. The van der Waals surface area contributed by atoms with Crippen molar-refractivity contribution in [1.29, 1.82) is 0 Å². The van der Waals surface area contributed by atoms with E-state index in [2.05, 4.69) is 47.4 Å². The zero-order chi connectivity index (χ0) is 14.1. The first kappa shape index (κ1) is 13.6. The minimum absolute atomic E-state index is 0.630. The molecule has 0 bridgehead atoms. The fourth-order valence-corrected chi connectivity index (χ4v) is 2.95. The lowest BCUT2D eigenvalue weighted by Crippen LogP contribution is -2.26. The van der Waals surface area contributed by atoms with Crippen LogP contribution in [0.2, 0.25) is 0 Å². The molecule has 0 radical (unpaired) electrons. The van der Waals surface area contributed by atoms with E-state index in [1.807, 2.05) is 11.9 Å². The van der Waals surface area contributed by atoms with Crippen molar-refractivity contribution in [1.82, 2.24) is 9.80 Å². The highest BCUT2D eigenvalue weighted by Gasteiger charge is 2.23. The summed E-state index contributed by atoms with van der Waals surface area (Å²) in [6.07, 6.45) is 0.957. The summed E-state index contributed by atoms with van der Waals surface area (Å²) in [5.41, 5.74) is 1.32. The van der Waals surface area contributed by atoms with Crippen molar-refractivity contribution in [3.8, 4) is 0 Å². The third-order valence-corrected chi connectivity index (χ3v) is 4.63. The molecular weight excluding hydrogens is 291 g/mol. The molecule has 3 rings (SSSR count). The van der Waals surface area contributed by atoms with Gasteiger partial charge in [0.1, 0.15) is 10.3 Å². The Bertz CT molecular complexity index is 666. The molecule has 0 aromatic heterocycles. The Labute approximate surface area is 129 Å². The monoisotopic (exact) mass is 306 g/mol. The van der Waals surface area contributed by atoms with Crippen LogP contribution in [0.25, 0.3) is 10.8 Å². The number of nitrogens with zero attached hydrogens (tertiary/aromatic N) is 2. The Kier molecular flexibility index (Phi) is 3.77. The Morgan fingerprint density at radius 3 is 2.45 bits per heavy atom. The van der Waals surface area contributed by atoms with E-state index in [-0.39, 0.29) is 0 Å². The fraction of sp³-hybridized carbons (Fsp3) is 0.250. The van der Waals surface area contributed by atoms with Crippen molar-refractivity contribution in [2.45, 2.75) is 6.42 Å². The zero-order valence-electron chi connectivity index (χ0n) is 11.3. The van der Waals surface area contributed by atoms with E-state index in [0.717, 1.165) is 19.6 Å². The molecule has 2 nitrogen and oxygen atoms in total. The maximum Gasteiger partial charge on any atom is 0.141 e. The largest absolute Gasteiger partial charge is 0.345 e. The van der Waals surface area contributed by atoms with Gasteiger partial charge in [-0.2, -0.15) is 0 Å². The first-order chi connectivity index (χ1) is 9.65. The van der Waals surface area contributed by atoms with Crippen LogP contribution < -0.4 is 0 Å². The first-order valence-corrected chi connectivity index (χ1v) is 7.40. The van der Waals surface area contributed by atoms with Crippen molar-refractivity contribution in [3.63, 3.8) is 0 Å². The van der Waals surface area contributed by atoms with Gasteiger partial charge < -0.3 is 9.80 Å². The van der Waals surface area contributed by atoms with Crippen LogP contribution in [0.15, 0.2) is 52.8 Å². The maximum absolute atomic E-state index is 6.22. The standard InChI is InChI=1S/C16H16Cl2N2/c1-19-11-20(16(18)15(19)17)9-8-12-6-7-13-4-2-3-5-14(13)10-12/h2-7,10H,8-9,11H2,1H3. The van der Waals surface area contributed by atoms with Gasteiger partial charge in [-0.05, 0) is 22.8 Å². The zero-order valence-corrected chi connectivity index (χ0v) is 12.8. The van der Waals surface area contributed by atoms with Crippen LogP contribution in [-0.4, -0.2) is 30.1 Å². The van der Waals surface area contributed by atoms with Gasteiger partial charge in [0.2, 0.25) is 0 Å². The fourth-order valence-electron chi connectivity index (χ4n) is 2.50. The molecule has 0 saturated heterocycles. The lowest BCUT2D eigenvalue weighted by molar-refractivity contribution is 0.292. The van der Waals surface area contributed by atoms with Crippen molar-refractivity contribution < 1.29 is 0 Å². The Morgan fingerprint density at radius 1 is 1.00 bits per heavy atom. The Hall–Kier alpha value is -1.38. The summed E-state index contributed by atoms with van der Waals surface area (Å²) >= 11 is 12.3. The number of hydrogen-bond donors (Lipinski definition) is 0. The van der Waals surface area contributed by atoms with Gasteiger partial charge in [0.15, 0.2) is 0 Å². The topological polar surface area (TPSA) is 6.48 Å². The molecule has 0 aliphatic carbocycles. The molecule has 1 heterocycles. The molecule has 20 heavy (non-hydrogen) atoms. The van der Waals surface area contributed by atoms with Crippen LogP contribution in [0.4, 0.5) is 0 Å². The average molecular weight is 307 g/mol. The van der Waals surface area contributed by atoms with E-state index in [0.29, 0.717) is 10.3 Å². The number of benzene rings is 2. The number of rotatable bonds is 3. The predicted molar refractivity (Wildman–Crippen MR) is 85.7 cm³/mol. The highest BCUT2D eigenvalue weighted by atomic mass is 35.5. The molecule has 0 saturated carbocycles. The van der Waals surface area contributed by atoms with Crippen molar-refractivity contribution in [2.75, 3.05) is 20.3 Å². The van der Waals surface area contributed by atoms with Gasteiger partial charge in [-0.25, -0.2) is 0 Å². The predicted octanol–water partition coefficient (Wildman–Crippen LogP) is 4.19. The quantitative estimate of drug-likeness (QED) is 0.785. The molecule has 0 amide bonds. The van der Waals surface area contributed by atoms with Gasteiger partial charge in [0, 0.05) is 13.6 Å². The SMILES string of the molecule is CN1CN(CCc2ccc3ccccc3c2)C(Cl)=C1Cl. The van der Waals surface area contributed by atoms with Crippen LogP contribution in [0.1, 0.15) is 5.56 Å². The van der Waals surface area contributed by atoms with Crippen molar-refractivity contribution in [3.05, 3.63) is 58.3 Å². The lowest BCUT2D eigenvalue weighted by Gasteiger charge is -2.19. The van der Waals surface area contributed by atoms with Crippen LogP contribution in [0, 0.1) is 0 Å². The van der Waals surface area contributed by atoms with Gasteiger partial charge in [0.25, 0.3) is 0 Å². The molecule has 2 aromatic carbocycles. The van der Waals surface area contributed by atoms with Crippen molar-refractivity contribution >= 4 is 34.0 Å². The summed E-state index contributed by atoms with van der Waals surface area (Å²) in [5.74, 6) is 0. The van der Waals surface area contributed by atoms with Crippen molar-refractivity contribution in [2.24, 2.45) is 0 Å². The highest BCUT2D eigenvalue weighted by molar-refractivity contribution is 6.38. The molecular formula is C16H16Cl2N2. The average Bonchev–Trinajstić information content (AvgIpc) is 2.72. The molecule has 104 valence electrons. The van der Waals surface area contributed by atoms with E-state index in [1.165, 1.54) is 16.3 Å². The third-order valence-electron chi connectivity index (χ3n) is 3.65. The minimum Gasteiger partial charge on any atom is -0.345 e. The smallest absolute Gasteiger partial charge is 0.141 e. The van der Waals surface area contributed by atoms with Gasteiger partial charge in [-0.3, -0.25) is 0 Å². The number of fused-ring (bicyclic) bond motifs is 1. The maximum atomic E-state index is 6.22. The lowest BCUT2D eigenvalue weighted by atomic mass is 10.1. The summed E-state index contributed by atoms with van der Waals surface area (Å²) in [6, 6.07) is 15.0. The Balaban J connectivity index is 1.72. The molecule has 1 aliphatic heterocycles. The van der Waals surface area contributed by atoms with Crippen LogP contribution in [0.5, 0.6) is 0 Å². The molecule has 0 spiro atoms. The second kappa shape index (κ2) is 5.55. The second-order valence-electron chi connectivity index (χ2n) is 5.12. The number of halogens is 2. The minimum atomic E-state index is 0.630. The summed E-state index contributed by atoms with van der Waals surface area (Å²) < 4.78 is 0. The van der Waals surface area contributed by atoms with E-state index in [1.54, 1.807) is 0 Å².